The topological polar surface area (TPSA) is 17.8 Å². The number of nitrogens with zero attached hydrogens (tertiary/aromatic N) is 2. The van der Waals surface area contributed by atoms with Gasteiger partial charge in [0.2, 0.25) is 0 Å². The maximum Gasteiger partial charge on any atom is 0.0738 e. The highest BCUT2D eigenvalue weighted by atomic mass is 79.9. The summed E-state index contributed by atoms with van der Waals surface area (Å²) in [6, 6.07) is 0. The quantitative estimate of drug-likeness (QED) is 0.680. The smallest absolute Gasteiger partial charge is 0.0738 e. The molecule has 0 spiro atoms. The van der Waals surface area contributed by atoms with Crippen molar-refractivity contribution in [2.24, 2.45) is 11.3 Å². The molecule has 18 heavy (non-hydrogen) atoms. The molecule has 1 heterocycles. The zero-order valence-electron chi connectivity index (χ0n) is 11.4. The minimum Gasteiger partial charge on any atom is -0.268 e. The van der Waals surface area contributed by atoms with E-state index in [0.717, 1.165) is 23.1 Å². The highest BCUT2D eigenvalue weighted by Gasteiger charge is 2.34. The minimum absolute atomic E-state index is 0.0783. The highest BCUT2D eigenvalue weighted by molar-refractivity contribution is 9.10. The van der Waals surface area contributed by atoms with Crippen molar-refractivity contribution in [1.82, 2.24) is 9.78 Å². The maximum atomic E-state index is 6.19. The molecular formula is C13H21BrCl2N2. The van der Waals surface area contributed by atoms with E-state index in [1.54, 1.807) is 0 Å². The van der Waals surface area contributed by atoms with Gasteiger partial charge in [0.25, 0.3) is 0 Å². The molecule has 0 bridgehead atoms. The fraction of sp³-hybridized carbons (Fsp3) is 0.769. The standard InChI is InChI=1S/C13H21BrCl2N2/c1-5-18-11(12(14)10(4)17-18)6-13(7-15,8-16)9(2)3/h9H,5-8H2,1-4H3. The number of hydrogen-bond donors (Lipinski definition) is 0. The molecule has 0 amide bonds. The molecule has 0 aliphatic heterocycles. The summed E-state index contributed by atoms with van der Waals surface area (Å²) in [4.78, 5) is 0. The molecule has 1 aromatic heterocycles. The van der Waals surface area contributed by atoms with Crippen LogP contribution in [0.3, 0.4) is 0 Å². The third-order valence-corrected chi connectivity index (χ3v) is 5.83. The molecule has 0 unspecified atom stereocenters. The fourth-order valence-corrected chi connectivity index (χ4v) is 3.53. The zero-order valence-corrected chi connectivity index (χ0v) is 14.5. The molecule has 104 valence electrons. The van der Waals surface area contributed by atoms with Crippen LogP contribution in [0.15, 0.2) is 4.47 Å². The maximum absolute atomic E-state index is 6.19. The van der Waals surface area contributed by atoms with Crippen LogP contribution in [0.4, 0.5) is 0 Å². The van der Waals surface area contributed by atoms with E-state index < -0.39 is 0 Å². The van der Waals surface area contributed by atoms with Gasteiger partial charge in [-0.05, 0) is 42.1 Å². The Hall–Kier alpha value is 0.270. The van der Waals surface area contributed by atoms with Crippen molar-refractivity contribution in [3.05, 3.63) is 15.9 Å². The number of halogens is 3. The second kappa shape index (κ2) is 6.62. The van der Waals surface area contributed by atoms with Crippen molar-refractivity contribution in [3.8, 4) is 0 Å². The SMILES string of the molecule is CCn1nc(C)c(Br)c1CC(CCl)(CCl)C(C)C. The number of rotatable bonds is 6. The summed E-state index contributed by atoms with van der Waals surface area (Å²) in [7, 11) is 0. The van der Waals surface area contributed by atoms with Gasteiger partial charge in [-0.25, -0.2) is 0 Å². The van der Waals surface area contributed by atoms with E-state index in [2.05, 4.69) is 41.8 Å². The van der Waals surface area contributed by atoms with Crippen LogP contribution in [0.5, 0.6) is 0 Å². The summed E-state index contributed by atoms with van der Waals surface area (Å²) in [5, 5.41) is 4.52. The Kier molecular flexibility index (Phi) is 6.01. The summed E-state index contributed by atoms with van der Waals surface area (Å²) in [6.45, 7) is 9.33. The lowest BCUT2D eigenvalue weighted by molar-refractivity contribution is 0.252. The van der Waals surface area contributed by atoms with Gasteiger partial charge in [-0.3, -0.25) is 4.68 Å². The van der Waals surface area contributed by atoms with Crippen LogP contribution in [0.1, 0.15) is 32.2 Å². The van der Waals surface area contributed by atoms with Gasteiger partial charge in [-0.1, -0.05) is 13.8 Å². The Morgan fingerprint density at radius 2 is 1.89 bits per heavy atom. The monoisotopic (exact) mass is 354 g/mol. The minimum atomic E-state index is -0.0783. The fourth-order valence-electron chi connectivity index (χ4n) is 2.01. The van der Waals surface area contributed by atoms with Gasteiger partial charge in [0, 0.05) is 23.7 Å². The molecule has 0 atom stereocenters. The lowest BCUT2D eigenvalue weighted by Crippen LogP contribution is -2.35. The van der Waals surface area contributed by atoms with Crippen LogP contribution in [0.2, 0.25) is 0 Å². The summed E-state index contributed by atoms with van der Waals surface area (Å²) >= 11 is 16.0. The van der Waals surface area contributed by atoms with Crippen LogP contribution >= 0.6 is 39.1 Å². The average Bonchev–Trinajstić information content (AvgIpc) is 2.62. The molecule has 0 aromatic carbocycles. The van der Waals surface area contributed by atoms with Gasteiger partial charge in [0.15, 0.2) is 0 Å². The Labute approximate surface area is 128 Å². The summed E-state index contributed by atoms with van der Waals surface area (Å²) in [6.07, 6.45) is 0.854. The van der Waals surface area contributed by atoms with E-state index in [1.165, 1.54) is 5.69 Å². The number of aryl methyl sites for hydroxylation is 2. The van der Waals surface area contributed by atoms with Crippen molar-refractivity contribution in [3.63, 3.8) is 0 Å². The number of alkyl halides is 2. The molecule has 0 fully saturated rings. The molecule has 0 N–H and O–H groups in total. The first-order valence-electron chi connectivity index (χ1n) is 6.25. The highest BCUT2D eigenvalue weighted by Crippen LogP contribution is 2.37. The van der Waals surface area contributed by atoms with Crippen LogP contribution in [-0.2, 0) is 13.0 Å². The van der Waals surface area contributed by atoms with E-state index in [4.69, 9.17) is 23.2 Å². The molecule has 0 saturated heterocycles. The first kappa shape index (κ1) is 16.3. The lowest BCUT2D eigenvalue weighted by Gasteiger charge is -2.34. The van der Waals surface area contributed by atoms with E-state index in [-0.39, 0.29) is 5.41 Å². The number of aromatic nitrogens is 2. The molecule has 0 saturated carbocycles. The third-order valence-electron chi connectivity index (χ3n) is 3.73. The normalized spacial score (nSPS) is 12.4. The Morgan fingerprint density at radius 1 is 1.33 bits per heavy atom. The summed E-state index contributed by atoms with van der Waals surface area (Å²) < 4.78 is 3.12. The van der Waals surface area contributed by atoms with Crippen LogP contribution in [-0.4, -0.2) is 21.5 Å². The largest absolute Gasteiger partial charge is 0.268 e. The first-order chi connectivity index (χ1) is 8.41. The van der Waals surface area contributed by atoms with Crippen molar-refractivity contribution in [2.45, 2.75) is 40.7 Å². The first-order valence-corrected chi connectivity index (χ1v) is 8.11. The van der Waals surface area contributed by atoms with Crippen molar-refractivity contribution in [2.75, 3.05) is 11.8 Å². The van der Waals surface area contributed by atoms with Crippen LogP contribution in [0.25, 0.3) is 0 Å². The predicted octanol–water partition coefficient (Wildman–Crippen LogP) is 4.64. The lowest BCUT2D eigenvalue weighted by atomic mass is 9.77. The van der Waals surface area contributed by atoms with E-state index in [9.17, 15) is 0 Å². The van der Waals surface area contributed by atoms with Gasteiger partial charge in [-0.15, -0.1) is 23.2 Å². The van der Waals surface area contributed by atoms with Gasteiger partial charge >= 0.3 is 0 Å². The molecule has 2 nitrogen and oxygen atoms in total. The van der Waals surface area contributed by atoms with Gasteiger partial charge in [0.05, 0.1) is 15.9 Å². The molecule has 0 aliphatic rings. The Balaban J connectivity index is 3.15. The molecule has 0 radical (unpaired) electrons. The van der Waals surface area contributed by atoms with Crippen LogP contribution in [0, 0.1) is 18.3 Å². The second-order valence-electron chi connectivity index (χ2n) is 5.12. The van der Waals surface area contributed by atoms with Gasteiger partial charge in [0.1, 0.15) is 0 Å². The van der Waals surface area contributed by atoms with Crippen molar-refractivity contribution < 1.29 is 0 Å². The molecular weight excluding hydrogens is 335 g/mol. The molecule has 1 rings (SSSR count). The summed E-state index contributed by atoms with van der Waals surface area (Å²) in [5.74, 6) is 1.56. The van der Waals surface area contributed by atoms with E-state index >= 15 is 0 Å². The third kappa shape index (κ3) is 3.05. The van der Waals surface area contributed by atoms with E-state index in [0.29, 0.717) is 17.7 Å². The predicted molar refractivity (Wildman–Crippen MR) is 82.8 cm³/mol. The Morgan fingerprint density at radius 3 is 2.28 bits per heavy atom. The van der Waals surface area contributed by atoms with Gasteiger partial charge < -0.3 is 0 Å². The molecule has 1 aromatic rings. The zero-order chi connectivity index (χ0) is 13.9. The Bertz CT molecular complexity index is 398. The van der Waals surface area contributed by atoms with Crippen molar-refractivity contribution >= 4 is 39.1 Å². The van der Waals surface area contributed by atoms with Crippen molar-refractivity contribution in [1.29, 1.82) is 0 Å². The number of hydrogen-bond acceptors (Lipinski definition) is 1. The average molecular weight is 356 g/mol. The second-order valence-corrected chi connectivity index (χ2v) is 6.45. The molecule has 0 aliphatic carbocycles. The summed E-state index contributed by atoms with van der Waals surface area (Å²) in [5.41, 5.74) is 2.14. The van der Waals surface area contributed by atoms with E-state index in [1.807, 2.05) is 11.6 Å². The van der Waals surface area contributed by atoms with Crippen LogP contribution < -0.4 is 0 Å². The molecule has 5 heteroatoms. The van der Waals surface area contributed by atoms with Gasteiger partial charge in [-0.2, -0.15) is 5.10 Å².